The number of carbonyl (C=O) groups is 1. The molecule has 1 aromatic heterocycles. The minimum atomic E-state index is -0.419. The van der Waals surface area contributed by atoms with Gasteiger partial charge in [0.05, 0.1) is 5.92 Å². The number of benzene rings is 1. The molecule has 2 aromatic rings. The monoisotopic (exact) mass is 335 g/mol. The topological polar surface area (TPSA) is 126 Å². The van der Waals surface area contributed by atoms with Crippen LogP contribution in [0.3, 0.4) is 0 Å². The van der Waals surface area contributed by atoms with Crippen LogP contribution in [0.4, 0.5) is 11.9 Å². The minimum Gasteiger partial charge on any atom is -0.492 e. The third kappa shape index (κ3) is 3.59. The van der Waals surface area contributed by atoms with E-state index in [9.17, 15) is 4.79 Å². The molecule has 0 saturated carbocycles. The van der Waals surface area contributed by atoms with Gasteiger partial charge in [-0.05, 0) is 30.2 Å². The zero-order chi connectivity index (χ0) is 16.4. The summed E-state index contributed by atoms with van der Waals surface area (Å²) in [6.45, 7) is 0.115. The summed E-state index contributed by atoms with van der Waals surface area (Å²) in [5.74, 6) is 0.0619. The lowest BCUT2D eigenvalue weighted by molar-refractivity contribution is -0.151. The van der Waals surface area contributed by atoms with Crippen LogP contribution in [0.1, 0.15) is 11.4 Å². The van der Waals surface area contributed by atoms with Gasteiger partial charge >= 0.3 is 5.97 Å². The molecule has 1 aliphatic rings. The van der Waals surface area contributed by atoms with Crippen LogP contribution in [0.2, 0.25) is 5.02 Å². The average molecular weight is 336 g/mol. The van der Waals surface area contributed by atoms with Crippen molar-refractivity contribution >= 4 is 29.5 Å². The Kier molecular flexibility index (Phi) is 4.16. The largest absolute Gasteiger partial charge is 0.492 e. The molecule has 1 aliphatic heterocycles. The smallest absolute Gasteiger partial charge is 0.313 e. The molecule has 0 bridgehead atoms. The number of anilines is 2. The Hall–Kier alpha value is -2.61. The highest BCUT2D eigenvalue weighted by atomic mass is 35.5. The van der Waals surface area contributed by atoms with Crippen LogP contribution in [0.15, 0.2) is 18.2 Å². The van der Waals surface area contributed by atoms with E-state index in [1.165, 1.54) is 0 Å². The maximum absolute atomic E-state index is 12.2. The van der Waals surface area contributed by atoms with Crippen LogP contribution in [0.25, 0.3) is 0 Å². The van der Waals surface area contributed by atoms with Gasteiger partial charge in [0.15, 0.2) is 12.4 Å². The lowest BCUT2D eigenvalue weighted by Crippen LogP contribution is -2.29. The first-order valence-corrected chi connectivity index (χ1v) is 7.23. The van der Waals surface area contributed by atoms with Crippen molar-refractivity contribution in [2.45, 2.75) is 13.0 Å². The van der Waals surface area contributed by atoms with E-state index in [1.54, 1.807) is 18.2 Å². The Balaban J connectivity index is 1.63. The molecular weight excluding hydrogens is 322 g/mol. The number of fused-ring (bicyclic) bond motifs is 1. The van der Waals surface area contributed by atoms with Crippen molar-refractivity contribution in [2.24, 2.45) is 5.92 Å². The van der Waals surface area contributed by atoms with E-state index < -0.39 is 11.9 Å². The molecule has 0 amide bonds. The number of aromatic nitrogens is 3. The zero-order valence-corrected chi connectivity index (χ0v) is 12.8. The normalized spacial score (nSPS) is 16.3. The van der Waals surface area contributed by atoms with Crippen LogP contribution in [0, 0.1) is 5.92 Å². The number of halogens is 1. The molecule has 1 aromatic carbocycles. The first kappa shape index (κ1) is 15.3. The molecule has 1 atom stereocenters. The Labute approximate surface area is 136 Å². The molecule has 0 fully saturated rings. The standard InChI is InChI=1S/C14H14ClN5O3/c15-9-1-2-10-7(4-9)3-8(5-22-10)12(21)23-6-11-18-13(16)20-14(17)19-11/h1-2,4,8H,3,5-6H2,(H4,16,17,18,19,20)/t8-/m0/s1. The average Bonchev–Trinajstić information content (AvgIpc) is 2.51. The summed E-state index contributed by atoms with van der Waals surface area (Å²) in [6.07, 6.45) is 0.496. The second-order valence-corrected chi connectivity index (χ2v) is 5.48. The van der Waals surface area contributed by atoms with E-state index in [4.69, 9.17) is 32.5 Å². The number of hydrogen-bond acceptors (Lipinski definition) is 8. The number of ether oxygens (including phenoxy) is 2. The molecular formula is C14H14ClN5O3. The Morgan fingerprint density at radius 3 is 2.78 bits per heavy atom. The quantitative estimate of drug-likeness (QED) is 0.795. The molecule has 0 radical (unpaired) electrons. The first-order chi connectivity index (χ1) is 11.0. The van der Waals surface area contributed by atoms with Crippen molar-refractivity contribution in [1.29, 1.82) is 0 Å². The second kappa shape index (κ2) is 6.25. The van der Waals surface area contributed by atoms with Crippen molar-refractivity contribution in [3.05, 3.63) is 34.6 Å². The van der Waals surface area contributed by atoms with Gasteiger partial charge in [0.25, 0.3) is 0 Å². The number of rotatable bonds is 3. The fraction of sp³-hybridized carbons (Fsp3) is 0.286. The van der Waals surface area contributed by atoms with Gasteiger partial charge in [-0.1, -0.05) is 11.6 Å². The summed E-state index contributed by atoms with van der Waals surface area (Å²) in [4.78, 5) is 23.5. The maximum Gasteiger partial charge on any atom is 0.313 e. The van der Waals surface area contributed by atoms with Crippen molar-refractivity contribution in [1.82, 2.24) is 15.0 Å². The van der Waals surface area contributed by atoms with Gasteiger partial charge in [0.2, 0.25) is 11.9 Å². The summed E-state index contributed by atoms with van der Waals surface area (Å²) >= 11 is 5.96. The number of nitrogen functional groups attached to an aromatic ring is 2. The summed E-state index contributed by atoms with van der Waals surface area (Å²) in [5.41, 5.74) is 11.8. The highest BCUT2D eigenvalue weighted by Gasteiger charge is 2.27. The van der Waals surface area contributed by atoms with E-state index in [2.05, 4.69) is 15.0 Å². The lowest BCUT2D eigenvalue weighted by Gasteiger charge is -2.24. The molecule has 2 heterocycles. The van der Waals surface area contributed by atoms with E-state index in [-0.39, 0.29) is 30.9 Å². The van der Waals surface area contributed by atoms with Crippen molar-refractivity contribution in [3.63, 3.8) is 0 Å². The maximum atomic E-state index is 12.2. The van der Waals surface area contributed by atoms with Crippen molar-refractivity contribution < 1.29 is 14.3 Å². The molecule has 4 N–H and O–H groups in total. The van der Waals surface area contributed by atoms with Gasteiger partial charge in [-0.25, -0.2) is 0 Å². The van der Waals surface area contributed by atoms with Gasteiger partial charge in [0.1, 0.15) is 12.4 Å². The predicted molar refractivity (Wildman–Crippen MR) is 82.6 cm³/mol. The number of hydrogen-bond donors (Lipinski definition) is 2. The van der Waals surface area contributed by atoms with Gasteiger partial charge in [-0.3, -0.25) is 4.79 Å². The van der Waals surface area contributed by atoms with Gasteiger partial charge in [-0.15, -0.1) is 0 Å². The SMILES string of the molecule is Nc1nc(N)nc(COC(=O)[C@@H]2COc3ccc(Cl)cc3C2)n1. The lowest BCUT2D eigenvalue weighted by atomic mass is 9.97. The van der Waals surface area contributed by atoms with Crippen LogP contribution >= 0.6 is 11.6 Å². The van der Waals surface area contributed by atoms with Crippen molar-refractivity contribution in [3.8, 4) is 5.75 Å². The highest BCUT2D eigenvalue weighted by Crippen LogP contribution is 2.30. The van der Waals surface area contributed by atoms with Crippen LogP contribution in [0.5, 0.6) is 5.75 Å². The highest BCUT2D eigenvalue weighted by molar-refractivity contribution is 6.30. The van der Waals surface area contributed by atoms with E-state index in [0.29, 0.717) is 11.4 Å². The Morgan fingerprint density at radius 1 is 1.30 bits per heavy atom. The third-order valence-corrected chi connectivity index (χ3v) is 3.56. The number of esters is 1. The van der Waals surface area contributed by atoms with E-state index in [0.717, 1.165) is 11.3 Å². The molecule has 0 unspecified atom stereocenters. The number of carbonyl (C=O) groups excluding carboxylic acids is 1. The third-order valence-electron chi connectivity index (χ3n) is 3.32. The summed E-state index contributed by atoms with van der Waals surface area (Å²) < 4.78 is 10.8. The van der Waals surface area contributed by atoms with Crippen LogP contribution < -0.4 is 16.2 Å². The summed E-state index contributed by atoms with van der Waals surface area (Å²) in [7, 11) is 0. The Bertz CT molecular complexity index is 735. The van der Waals surface area contributed by atoms with E-state index >= 15 is 0 Å². The second-order valence-electron chi connectivity index (χ2n) is 5.04. The fourth-order valence-electron chi connectivity index (χ4n) is 2.29. The summed E-state index contributed by atoms with van der Waals surface area (Å²) in [6, 6.07) is 5.31. The molecule has 23 heavy (non-hydrogen) atoms. The van der Waals surface area contributed by atoms with Gasteiger partial charge < -0.3 is 20.9 Å². The van der Waals surface area contributed by atoms with Crippen molar-refractivity contribution in [2.75, 3.05) is 18.1 Å². The summed E-state index contributed by atoms with van der Waals surface area (Å²) in [5, 5.41) is 0.595. The fourth-order valence-corrected chi connectivity index (χ4v) is 2.48. The molecule has 0 aliphatic carbocycles. The number of nitrogens with zero attached hydrogens (tertiary/aromatic N) is 3. The first-order valence-electron chi connectivity index (χ1n) is 6.85. The molecule has 120 valence electrons. The van der Waals surface area contributed by atoms with Crippen LogP contribution in [-0.2, 0) is 22.6 Å². The minimum absolute atomic E-state index is 0.0203. The molecule has 8 nitrogen and oxygen atoms in total. The molecule has 9 heteroatoms. The van der Waals surface area contributed by atoms with Gasteiger partial charge in [0, 0.05) is 5.02 Å². The van der Waals surface area contributed by atoms with Gasteiger partial charge in [-0.2, -0.15) is 15.0 Å². The van der Waals surface area contributed by atoms with E-state index in [1.807, 2.05) is 0 Å². The Morgan fingerprint density at radius 2 is 2.04 bits per heavy atom. The molecule has 0 spiro atoms. The van der Waals surface area contributed by atoms with Crippen LogP contribution in [-0.4, -0.2) is 27.5 Å². The zero-order valence-electron chi connectivity index (χ0n) is 12.0. The predicted octanol–water partition coefficient (Wildman–Crippen LogP) is 0.984. The molecule has 0 saturated heterocycles. The number of nitrogens with two attached hydrogens (primary N) is 2. The molecule has 3 rings (SSSR count).